The molecule has 1 atom stereocenters. The van der Waals surface area contributed by atoms with E-state index in [1.54, 1.807) is 23.3 Å². The summed E-state index contributed by atoms with van der Waals surface area (Å²) in [5.74, 6) is 1.45. The number of hydrogen-bond acceptors (Lipinski definition) is 6. The highest BCUT2D eigenvalue weighted by atomic mass is 16.5. The molecule has 0 amide bonds. The summed E-state index contributed by atoms with van der Waals surface area (Å²) in [6, 6.07) is 3.81. The van der Waals surface area contributed by atoms with Crippen LogP contribution in [0.1, 0.15) is 19.8 Å². The summed E-state index contributed by atoms with van der Waals surface area (Å²) in [6.07, 6.45) is 7.44. The Morgan fingerprint density at radius 2 is 2.12 bits per heavy atom. The average Bonchev–Trinajstić information content (AvgIpc) is 3.21. The van der Waals surface area contributed by atoms with Crippen LogP contribution in [0.25, 0.3) is 22.4 Å². The second-order valence-electron chi connectivity index (χ2n) is 6.39. The Labute approximate surface area is 140 Å². The summed E-state index contributed by atoms with van der Waals surface area (Å²) in [6.45, 7) is 3.68. The van der Waals surface area contributed by atoms with E-state index in [0.717, 1.165) is 41.9 Å². The summed E-state index contributed by atoms with van der Waals surface area (Å²) in [5, 5.41) is 8.68. The van der Waals surface area contributed by atoms with Crippen molar-refractivity contribution in [2.75, 3.05) is 18.5 Å². The number of hydrogen-bond donors (Lipinski definition) is 1. The zero-order chi connectivity index (χ0) is 16.6. The van der Waals surface area contributed by atoms with Crippen LogP contribution in [0.5, 0.6) is 0 Å². The Balaban J connectivity index is 1.73. The van der Waals surface area contributed by atoms with Gasteiger partial charge in [-0.25, -0.2) is 9.97 Å². The van der Waals surface area contributed by atoms with Gasteiger partial charge >= 0.3 is 0 Å². The van der Waals surface area contributed by atoms with Crippen LogP contribution in [-0.4, -0.2) is 43.5 Å². The molecule has 7 heteroatoms. The van der Waals surface area contributed by atoms with Crippen molar-refractivity contribution in [2.45, 2.75) is 25.4 Å². The van der Waals surface area contributed by atoms with Gasteiger partial charge in [0.1, 0.15) is 5.82 Å². The van der Waals surface area contributed by atoms with Gasteiger partial charge in [0.05, 0.1) is 17.2 Å². The summed E-state index contributed by atoms with van der Waals surface area (Å²) in [5.41, 5.74) is 1.59. The first-order valence-corrected chi connectivity index (χ1v) is 8.13. The van der Waals surface area contributed by atoms with E-state index in [4.69, 9.17) is 9.72 Å². The minimum Gasteiger partial charge on any atom is -0.373 e. The van der Waals surface area contributed by atoms with Gasteiger partial charge in [0, 0.05) is 38.2 Å². The van der Waals surface area contributed by atoms with Gasteiger partial charge in [-0.05, 0) is 31.9 Å². The summed E-state index contributed by atoms with van der Waals surface area (Å²) in [4.78, 5) is 13.4. The van der Waals surface area contributed by atoms with E-state index >= 15 is 0 Å². The van der Waals surface area contributed by atoms with Crippen LogP contribution in [0.4, 0.5) is 5.82 Å². The minimum absolute atomic E-state index is 0.143. The smallest absolute Gasteiger partial charge is 0.164 e. The number of aromatic nitrogens is 5. The molecule has 1 saturated heterocycles. The van der Waals surface area contributed by atoms with Crippen molar-refractivity contribution >= 4 is 16.9 Å². The lowest BCUT2D eigenvalue weighted by molar-refractivity contribution is 0.0315. The third-order valence-corrected chi connectivity index (χ3v) is 4.46. The zero-order valence-electron chi connectivity index (χ0n) is 13.9. The van der Waals surface area contributed by atoms with Gasteiger partial charge in [0.25, 0.3) is 0 Å². The molecule has 0 saturated carbocycles. The first kappa shape index (κ1) is 15.0. The number of aryl methyl sites for hydroxylation is 1. The van der Waals surface area contributed by atoms with Gasteiger partial charge in [-0.1, -0.05) is 0 Å². The molecule has 1 N–H and O–H groups in total. The predicted molar refractivity (Wildman–Crippen MR) is 91.6 cm³/mol. The molecule has 0 radical (unpaired) electrons. The maximum absolute atomic E-state index is 5.86. The molecule has 0 unspecified atom stereocenters. The molecule has 1 aliphatic heterocycles. The van der Waals surface area contributed by atoms with Crippen molar-refractivity contribution in [3.8, 4) is 11.4 Å². The minimum atomic E-state index is -0.143. The Hall–Kier alpha value is -2.54. The third kappa shape index (κ3) is 2.71. The maximum Gasteiger partial charge on any atom is 0.164 e. The van der Waals surface area contributed by atoms with Crippen LogP contribution in [-0.2, 0) is 11.8 Å². The van der Waals surface area contributed by atoms with Crippen molar-refractivity contribution in [3.05, 3.63) is 30.7 Å². The van der Waals surface area contributed by atoms with Crippen molar-refractivity contribution in [1.29, 1.82) is 0 Å². The molecule has 0 aromatic carbocycles. The second-order valence-corrected chi connectivity index (χ2v) is 6.39. The van der Waals surface area contributed by atoms with Gasteiger partial charge in [-0.15, -0.1) is 0 Å². The maximum atomic E-state index is 5.86. The fourth-order valence-electron chi connectivity index (χ4n) is 3.03. The van der Waals surface area contributed by atoms with Crippen molar-refractivity contribution in [2.24, 2.45) is 7.05 Å². The molecule has 4 heterocycles. The van der Waals surface area contributed by atoms with Gasteiger partial charge in [-0.3, -0.25) is 9.67 Å². The lowest BCUT2D eigenvalue weighted by atomic mass is 10.0. The molecule has 4 rings (SSSR count). The Morgan fingerprint density at radius 3 is 2.88 bits per heavy atom. The van der Waals surface area contributed by atoms with Crippen LogP contribution in [0, 0.1) is 0 Å². The molecule has 0 bridgehead atoms. The van der Waals surface area contributed by atoms with E-state index in [9.17, 15) is 0 Å². The highest BCUT2D eigenvalue weighted by molar-refractivity contribution is 5.88. The summed E-state index contributed by atoms with van der Waals surface area (Å²) < 4.78 is 7.62. The van der Waals surface area contributed by atoms with Crippen LogP contribution in [0.15, 0.2) is 30.7 Å². The number of fused-ring (bicyclic) bond motifs is 1. The number of ether oxygens (including phenoxy) is 1. The molecule has 1 fully saturated rings. The van der Waals surface area contributed by atoms with Gasteiger partial charge in [0.2, 0.25) is 0 Å². The van der Waals surface area contributed by atoms with E-state index < -0.39 is 0 Å². The Bertz CT molecular complexity index is 854. The Kier molecular flexibility index (Phi) is 3.65. The average molecular weight is 324 g/mol. The molecular weight excluding hydrogens is 304 g/mol. The van der Waals surface area contributed by atoms with E-state index in [-0.39, 0.29) is 5.60 Å². The number of nitrogens with zero attached hydrogens (tertiary/aromatic N) is 5. The second kappa shape index (κ2) is 5.83. The van der Waals surface area contributed by atoms with Crippen molar-refractivity contribution < 1.29 is 4.74 Å². The zero-order valence-corrected chi connectivity index (χ0v) is 13.9. The lowest BCUT2D eigenvalue weighted by Gasteiger charge is -2.24. The molecule has 3 aromatic heterocycles. The number of nitrogens with one attached hydrogen (secondary N) is 1. The largest absolute Gasteiger partial charge is 0.373 e. The highest BCUT2D eigenvalue weighted by Gasteiger charge is 2.30. The van der Waals surface area contributed by atoms with Gasteiger partial charge < -0.3 is 10.1 Å². The van der Waals surface area contributed by atoms with Gasteiger partial charge in [0.15, 0.2) is 11.5 Å². The molecule has 1 aliphatic rings. The highest BCUT2D eigenvalue weighted by Crippen LogP contribution is 2.28. The topological polar surface area (TPSA) is 77.8 Å². The molecular formula is C17H20N6O. The van der Waals surface area contributed by atoms with E-state index in [0.29, 0.717) is 12.4 Å². The number of anilines is 1. The quantitative estimate of drug-likeness (QED) is 0.794. The number of rotatable bonds is 4. The van der Waals surface area contributed by atoms with E-state index in [2.05, 4.69) is 27.3 Å². The monoisotopic (exact) mass is 324 g/mol. The van der Waals surface area contributed by atoms with Crippen molar-refractivity contribution in [3.63, 3.8) is 0 Å². The van der Waals surface area contributed by atoms with Crippen LogP contribution >= 0.6 is 0 Å². The summed E-state index contributed by atoms with van der Waals surface area (Å²) >= 11 is 0. The predicted octanol–water partition coefficient (Wildman–Crippen LogP) is 2.41. The van der Waals surface area contributed by atoms with E-state index in [1.165, 1.54) is 0 Å². The van der Waals surface area contributed by atoms with Crippen molar-refractivity contribution in [1.82, 2.24) is 24.7 Å². The van der Waals surface area contributed by atoms with Gasteiger partial charge in [-0.2, -0.15) is 5.10 Å². The van der Waals surface area contributed by atoms with Crippen LogP contribution in [0.2, 0.25) is 0 Å². The Morgan fingerprint density at radius 1 is 1.29 bits per heavy atom. The standard InChI is InChI=1S/C17H20N6O/c1-17(6-3-9-24-17)11-19-15-13-10-20-23(2)16(13)22-14(21-15)12-4-7-18-8-5-12/h4-5,7-8,10H,3,6,9,11H2,1-2H3,(H,19,21,22)/t17-/m0/s1. The number of pyridine rings is 1. The fraction of sp³-hybridized carbons (Fsp3) is 0.412. The normalized spacial score (nSPS) is 20.6. The molecule has 124 valence electrons. The fourth-order valence-corrected chi connectivity index (χ4v) is 3.03. The SMILES string of the molecule is Cn1ncc2c(NC[C@]3(C)CCCO3)nc(-c3ccncc3)nc21. The van der Waals surface area contributed by atoms with Crippen LogP contribution < -0.4 is 5.32 Å². The molecule has 7 nitrogen and oxygen atoms in total. The molecule has 3 aromatic rings. The van der Waals surface area contributed by atoms with Crippen LogP contribution in [0.3, 0.4) is 0 Å². The molecule has 0 spiro atoms. The first-order valence-electron chi connectivity index (χ1n) is 8.13. The third-order valence-electron chi connectivity index (χ3n) is 4.46. The summed E-state index contributed by atoms with van der Waals surface area (Å²) in [7, 11) is 1.89. The van der Waals surface area contributed by atoms with E-state index in [1.807, 2.05) is 19.2 Å². The molecule has 24 heavy (non-hydrogen) atoms. The first-order chi connectivity index (χ1) is 11.6. The lowest BCUT2D eigenvalue weighted by Crippen LogP contribution is -2.32. The molecule has 0 aliphatic carbocycles.